The molecule has 1 aromatic heterocycles. The third-order valence-electron chi connectivity index (χ3n) is 14.1. The Hall–Kier alpha value is -8.88. The second-order valence-electron chi connectivity index (χ2n) is 19.4. The quantitative estimate of drug-likeness (QED) is 0.0594. The topological polar surface area (TPSA) is 59.1 Å². The van der Waals surface area contributed by atoms with Gasteiger partial charge >= 0.3 is 5.97 Å². The van der Waals surface area contributed by atoms with E-state index in [1.807, 2.05) is 23.5 Å². The normalized spacial score (nSPS) is 11.2. The van der Waals surface area contributed by atoms with E-state index in [0.717, 1.165) is 79.5 Å². The molecule has 0 aliphatic heterocycles. The zero-order chi connectivity index (χ0) is 52.5. The lowest BCUT2D eigenvalue weighted by molar-refractivity contribution is -0.144. The number of methoxy groups -OCH3 is 1. The van der Waals surface area contributed by atoms with Crippen molar-refractivity contribution in [2.75, 3.05) is 30.1 Å². The van der Waals surface area contributed by atoms with E-state index in [2.05, 4.69) is 240 Å². The number of thiophene rings is 1. The van der Waals surface area contributed by atoms with E-state index >= 15 is 0 Å². The number of hydrogen-bond acceptors (Lipinski definition) is 7. The highest BCUT2D eigenvalue weighted by molar-refractivity contribution is 7.25. The maximum absolute atomic E-state index is 12.3. The first kappa shape index (κ1) is 50.3. The van der Waals surface area contributed by atoms with Crippen molar-refractivity contribution in [2.45, 2.75) is 32.6 Å². The molecule has 11 aromatic rings. The molecule has 7 heteroatoms. The van der Waals surface area contributed by atoms with Crippen LogP contribution in [-0.2, 0) is 31.9 Å². The average Bonchev–Trinajstić information content (AvgIpc) is 3.87. The van der Waals surface area contributed by atoms with E-state index in [4.69, 9.17) is 9.47 Å². The average molecular weight is 1020 g/mol. The first-order valence-corrected chi connectivity index (χ1v) is 27.1. The number of carbonyl (C=O) groups is 2. The third kappa shape index (κ3) is 11.7. The van der Waals surface area contributed by atoms with Gasteiger partial charge in [0.2, 0.25) is 0 Å². The number of Topliss-reactive ketones (excluding diaryl/α,β-unsaturated/α-hetero) is 1. The molecular formula is C70H58N2O4S. The van der Waals surface area contributed by atoms with Gasteiger partial charge in [-0.1, -0.05) is 158 Å². The summed E-state index contributed by atoms with van der Waals surface area (Å²) < 4.78 is 12.8. The molecule has 0 saturated carbocycles. The molecule has 378 valence electrons. The number of fused-ring (bicyclic) bond motifs is 3. The van der Waals surface area contributed by atoms with Gasteiger partial charge in [-0.2, -0.15) is 0 Å². The Kier molecular flexibility index (Phi) is 15.2. The minimum absolute atomic E-state index is 0.201. The standard InChI is InChI=1S/C70H58N2O4S/c1-49(73)19-20-50-21-32-60(33-22-50)71(64-17-9-15-56(45-64)52-11-5-3-6-12-52)62-36-26-54(27-37-62)58-30-40-66-67-41-31-59(48-69(67)77-68(66)47-58)55-28-38-63(39-29-55)72(65-18-10-16-57(46-65)53-13-7-4-8-14-53)61-34-23-51(24-35-61)25-42-70(74)76-44-43-75-2/h3-18,21-24,26-41,45-48H,19-20,25,42-44H2,1-2H3. The van der Waals surface area contributed by atoms with Crippen LogP contribution in [0, 0.1) is 0 Å². The van der Waals surface area contributed by atoms with Gasteiger partial charge in [0.05, 0.1) is 6.61 Å². The maximum Gasteiger partial charge on any atom is 0.306 e. The zero-order valence-electron chi connectivity index (χ0n) is 43.3. The molecule has 0 atom stereocenters. The molecule has 1 heterocycles. The summed E-state index contributed by atoms with van der Waals surface area (Å²) in [5.41, 5.74) is 17.8. The fourth-order valence-electron chi connectivity index (χ4n) is 10.0. The summed E-state index contributed by atoms with van der Waals surface area (Å²) in [6, 6.07) is 86.8. The van der Waals surface area contributed by atoms with Gasteiger partial charge in [0.15, 0.2) is 0 Å². The Morgan fingerprint density at radius 3 is 1.18 bits per heavy atom. The van der Waals surface area contributed by atoms with Crippen LogP contribution in [0.2, 0.25) is 0 Å². The fourth-order valence-corrected chi connectivity index (χ4v) is 11.2. The minimum Gasteiger partial charge on any atom is -0.463 e. The molecular weight excluding hydrogens is 965 g/mol. The lowest BCUT2D eigenvalue weighted by Crippen LogP contribution is -2.11. The molecule has 10 aromatic carbocycles. The van der Waals surface area contributed by atoms with Crippen LogP contribution in [0.3, 0.4) is 0 Å². The third-order valence-corrected chi connectivity index (χ3v) is 15.3. The van der Waals surface area contributed by atoms with Crippen LogP contribution in [-0.4, -0.2) is 32.1 Å². The maximum atomic E-state index is 12.3. The van der Waals surface area contributed by atoms with Crippen molar-refractivity contribution in [3.63, 3.8) is 0 Å². The van der Waals surface area contributed by atoms with Crippen LogP contribution in [0.5, 0.6) is 0 Å². The Balaban J connectivity index is 0.855. The molecule has 11 rings (SSSR count). The predicted octanol–water partition coefficient (Wildman–Crippen LogP) is 18.3. The Morgan fingerprint density at radius 2 is 0.753 bits per heavy atom. The minimum atomic E-state index is -0.224. The molecule has 0 fully saturated rings. The summed E-state index contributed by atoms with van der Waals surface area (Å²) in [6.45, 7) is 2.31. The van der Waals surface area contributed by atoms with Crippen LogP contribution in [0.4, 0.5) is 34.1 Å². The first-order valence-electron chi connectivity index (χ1n) is 26.2. The molecule has 0 aliphatic carbocycles. The van der Waals surface area contributed by atoms with Crippen molar-refractivity contribution in [3.8, 4) is 44.5 Å². The van der Waals surface area contributed by atoms with E-state index in [9.17, 15) is 9.59 Å². The number of hydrogen-bond donors (Lipinski definition) is 0. The van der Waals surface area contributed by atoms with Crippen molar-refractivity contribution in [2.24, 2.45) is 0 Å². The Bertz CT molecular complexity index is 3800. The van der Waals surface area contributed by atoms with Gasteiger partial charge in [0.1, 0.15) is 12.4 Å². The van der Waals surface area contributed by atoms with E-state index < -0.39 is 0 Å². The van der Waals surface area contributed by atoms with Crippen molar-refractivity contribution in [1.82, 2.24) is 0 Å². The Labute approximate surface area is 455 Å². The van der Waals surface area contributed by atoms with Crippen LogP contribution >= 0.6 is 11.3 Å². The van der Waals surface area contributed by atoms with Crippen molar-refractivity contribution >= 4 is 77.4 Å². The van der Waals surface area contributed by atoms with Gasteiger partial charge < -0.3 is 24.1 Å². The van der Waals surface area contributed by atoms with Crippen LogP contribution in [0.25, 0.3) is 64.7 Å². The number of esters is 1. The van der Waals surface area contributed by atoms with Crippen molar-refractivity contribution < 1.29 is 19.1 Å². The lowest BCUT2D eigenvalue weighted by atomic mass is 10.0. The van der Waals surface area contributed by atoms with Crippen LogP contribution in [0.15, 0.2) is 243 Å². The fraction of sp³-hybridized carbons (Fsp3) is 0.114. The van der Waals surface area contributed by atoms with Crippen LogP contribution in [0.1, 0.15) is 30.9 Å². The molecule has 0 N–H and O–H groups in total. The number of rotatable bonds is 19. The largest absolute Gasteiger partial charge is 0.463 e. The Morgan fingerprint density at radius 1 is 0.377 bits per heavy atom. The lowest BCUT2D eigenvalue weighted by Gasteiger charge is -2.26. The summed E-state index contributed by atoms with van der Waals surface area (Å²) in [6.07, 6.45) is 2.18. The monoisotopic (exact) mass is 1020 g/mol. The van der Waals surface area contributed by atoms with Gasteiger partial charge in [-0.25, -0.2) is 0 Å². The molecule has 77 heavy (non-hydrogen) atoms. The smallest absolute Gasteiger partial charge is 0.306 e. The van der Waals surface area contributed by atoms with E-state index in [-0.39, 0.29) is 18.4 Å². The molecule has 0 unspecified atom stereocenters. The number of carbonyl (C=O) groups excluding carboxylic acids is 2. The van der Waals surface area contributed by atoms with Crippen LogP contribution < -0.4 is 9.80 Å². The highest BCUT2D eigenvalue weighted by Crippen LogP contribution is 2.42. The molecule has 6 nitrogen and oxygen atoms in total. The number of aryl methyl sites for hydroxylation is 2. The number of nitrogens with zero attached hydrogens (tertiary/aromatic N) is 2. The molecule has 0 amide bonds. The summed E-state index contributed by atoms with van der Waals surface area (Å²) >= 11 is 1.83. The number of anilines is 6. The van der Waals surface area contributed by atoms with Gasteiger partial charge in [0, 0.05) is 74.2 Å². The summed E-state index contributed by atoms with van der Waals surface area (Å²) in [5.74, 6) is -0.0230. The molecule has 0 radical (unpaired) electrons. The van der Waals surface area contributed by atoms with E-state index in [0.29, 0.717) is 25.9 Å². The number of ether oxygens (including phenoxy) is 2. The second-order valence-corrected chi connectivity index (χ2v) is 20.5. The zero-order valence-corrected chi connectivity index (χ0v) is 44.1. The summed E-state index contributed by atoms with van der Waals surface area (Å²) in [5, 5.41) is 2.51. The van der Waals surface area contributed by atoms with Gasteiger partial charge in [-0.3, -0.25) is 4.79 Å². The molecule has 0 aliphatic rings. The molecule has 0 bridgehead atoms. The summed E-state index contributed by atoms with van der Waals surface area (Å²) in [7, 11) is 1.60. The predicted molar refractivity (Wildman–Crippen MR) is 321 cm³/mol. The molecule has 0 spiro atoms. The van der Waals surface area contributed by atoms with Crippen molar-refractivity contribution in [3.05, 3.63) is 254 Å². The van der Waals surface area contributed by atoms with Gasteiger partial charge in [-0.15, -0.1) is 11.3 Å². The van der Waals surface area contributed by atoms with E-state index in [1.165, 1.54) is 36.9 Å². The number of ketones is 1. The first-order chi connectivity index (χ1) is 37.8. The van der Waals surface area contributed by atoms with Crippen molar-refractivity contribution in [1.29, 1.82) is 0 Å². The second kappa shape index (κ2) is 23.3. The highest BCUT2D eigenvalue weighted by Gasteiger charge is 2.18. The molecule has 0 saturated heterocycles. The highest BCUT2D eigenvalue weighted by atomic mass is 32.1. The van der Waals surface area contributed by atoms with E-state index in [1.54, 1.807) is 14.0 Å². The van der Waals surface area contributed by atoms with Gasteiger partial charge in [-0.05, 0) is 160 Å². The summed E-state index contributed by atoms with van der Waals surface area (Å²) in [4.78, 5) is 28.7. The van der Waals surface area contributed by atoms with Gasteiger partial charge in [0.25, 0.3) is 0 Å². The SMILES string of the molecule is COCCOC(=O)CCc1ccc(N(c2ccc(-c3ccc4c(c3)sc3cc(-c5ccc(N(c6ccc(CCC(C)=O)cc6)c6cccc(-c7ccccc7)c6)cc5)ccc34)cc2)c2cccc(-c3ccccc3)c2)cc1. The number of benzene rings is 10.